The van der Waals surface area contributed by atoms with Crippen molar-refractivity contribution in [3.63, 3.8) is 0 Å². The Balaban J connectivity index is 2.41. The zero-order valence-corrected chi connectivity index (χ0v) is 12.3. The fourth-order valence-corrected chi connectivity index (χ4v) is 1.73. The lowest BCUT2D eigenvalue weighted by atomic mass is 10.2. The molecule has 0 saturated heterocycles. The molecule has 1 amide bonds. The molecule has 0 radical (unpaired) electrons. The molecule has 5 nitrogen and oxygen atoms in total. The fraction of sp³-hybridized carbons (Fsp3) is 0.500. The maximum Gasteiger partial charge on any atom is 0.411 e. The molecule has 0 aliphatic heterocycles. The van der Waals surface area contributed by atoms with Crippen LogP contribution >= 0.6 is 0 Å². The van der Waals surface area contributed by atoms with Crippen LogP contribution in [0.2, 0.25) is 0 Å². The van der Waals surface area contributed by atoms with Crippen molar-refractivity contribution in [2.45, 2.75) is 19.1 Å². The van der Waals surface area contributed by atoms with Crippen molar-refractivity contribution in [2.24, 2.45) is 0 Å². The number of rotatable bonds is 8. The first-order valence-electron chi connectivity index (χ1n) is 6.48. The van der Waals surface area contributed by atoms with Crippen molar-refractivity contribution in [3.8, 4) is 11.5 Å². The Labute approximate surface area is 126 Å². The largest absolute Gasteiger partial charge is 0.493 e. The summed E-state index contributed by atoms with van der Waals surface area (Å²) in [4.78, 5) is 11.6. The van der Waals surface area contributed by atoms with E-state index in [1.165, 1.54) is 14.2 Å². The molecule has 1 aromatic rings. The lowest BCUT2D eigenvalue weighted by molar-refractivity contribution is -0.174. The highest BCUT2D eigenvalue weighted by atomic mass is 19.4. The van der Waals surface area contributed by atoms with E-state index in [1.54, 1.807) is 18.2 Å². The SMILES string of the molecule is COc1cccc(CNC(=O)CCOCC(F)(F)F)c1OC. The quantitative estimate of drug-likeness (QED) is 0.747. The summed E-state index contributed by atoms with van der Waals surface area (Å²) in [6, 6.07) is 5.21. The maximum absolute atomic E-state index is 11.9. The molecule has 1 N–H and O–H groups in total. The van der Waals surface area contributed by atoms with Gasteiger partial charge in [0, 0.05) is 18.5 Å². The number of nitrogens with one attached hydrogen (secondary N) is 1. The number of alkyl halides is 3. The number of methoxy groups -OCH3 is 2. The summed E-state index contributed by atoms with van der Waals surface area (Å²) in [7, 11) is 2.98. The van der Waals surface area contributed by atoms with E-state index in [-0.39, 0.29) is 19.6 Å². The third-order valence-electron chi connectivity index (χ3n) is 2.70. The number of carbonyl (C=O) groups is 1. The van der Waals surface area contributed by atoms with Crippen LogP contribution in [-0.4, -0.2) is 39.5 Å². The zero-order chi connectivity index (χ0) is 16.6. The van der Waals surface area contributed by atoms with E-state index in [0.717, 1.165) is 0 Å². The first-order valence-corrected chi connectivity index (χ1v) is 6.48. The lowest BCUT2D eigenvalue weighted by Gasteiger charge is -2.13. The monoisotopic (exact) mass is 321 g/mol. The van der Waals surface area contributed by atoms with E-state index in [9.17, 15) is 18.0 Å². The van der Waals surface area contributed by atoms with E-state index >= 15 is 0 Å². The summed E-state index contributed by atoms with van der Waals surface area (Å²) in [6.07, 6.45) is -4.53. The number of amides is 1. The van der Waals surface area contributed by atoms with Crippen LogP contribution in [0.5, 0.6) is 11.5 Å². The second-order valence-electron chi connectivity index (χ2n) is 4.35. The summed E-state index contributed by atoms with van der Waals surface area (Å²) in [6.45, 7) is -1.47. The Bertz CT molecular complexity index is 491. The van der Waals surface area contributed by atoms with E-state index in [4.69, 9.17) is 9.47 Å². The second kappa shape index (κ2) is 8.47. The molecule has 1 aromatic carbocycles. The predicted octanol–water partition coefficient (Wildman–Crippen LogP) is 2.29. The minimum Gasteiger partial charge on any atom is -0.493 e. The molecule has 0 aliphatic rings. The van der Waals surface area contributed by atoms with Crippen LogP contribution in [0.15, 0.2) is 18.2 Å². The second-order valence-corrected chi connectivity index (χ2v) is 4.35. The van der Waals surface area contributed by atoms with Crippen molar-refractivity contribution in [1.82, 2.24) is 5.32 Å². The Morgan fingerprint density at radius 2 is 1.95 bits per heavy atom. The molecule has 0 aliphatic carbocycles. The molecule has 8 heteroatoms. The van der Waals surface area contributed by atoms with Gasteiger partial charge in [-0.15, -0.1) is 0 Å². The number of para-hydroxylation sites is 1. The smallest absolute Gasteiger partial charge is 0.411 e. The molecular formula is C14H18F3NO4. The van der Waals surface area contributed by atoms with Gasteiger partial charge in [0.2, 0.25) is 5.91 Å². The van der Waals surface area contributed by atoms with Gasteiger partial charge in [0.1, 0.15) is 6.61 Å². The molecule has 1 rings (SSSR count). The lowest BCUT2D eigenvalue weighted by Crippen LogP contribution is -2.25. The van der Waals surface area contributed by atoms with Gasteiger partial charge in [-0.05, 0) is 6.07 Å². The van der Waals surface area contributed by atoms with Gasteiger partial charge in [-0.25, -0.2) is 0 Å². The summed E-state index contributed by atoms with van der Waals surface area (Å²) in [5.41, 5.74) is 0.700. The molecule has 0 aromatic heterocycles. The van der Waals surface area contributed by atoms with E-state index < -0.39 is 18.7 Å². The van der Waals surface area contributed by atoms with Crippen LogP contribution in [0.3, 0.4) is 0 Å². The van der Waals surface area contributed by atoms with E-state index in [0.29, 0.717) is 17.1 Å². The molecule has 0 heterocycles. The summed E-state index contributed by atoms with van der Waals surface area (Å²) in [5.74, 6) is 0.619. The molecule has 0 atom stereocenters. The zero-order valence-electron chi connectivity index (χ0n) is 12.3. The number of ether oxygens (including phenoxy) is 3. The third-order valence-corrected chi connectivity index (χ3v) is 2.70. The maximum atomic E-state index is 11.9. The average Bonchev–Trinajstić information content (AvgIpc) is 2.47. The standard InChI is InChI=1S/C14H18F3NO4/c1-20-11-5-3-4-10(13(11)21-2)8-18-12(19)6-7-22-9-14(15,16)17/h3-5H,6-9H2,1-2H3,(H,18,19). The molecule has 0 saturated carbocycles. The van der Waals surface area contributed by atoms with Crippen LogP contribution < -0.4 is 14.8 Å². The van der Waals surface area contributed by atoms with Gasteiger partial charge in [0.15, 0.2) is 11.5 Å². The Morgan fingerprint density at radius 3 is 2.55 bits per heavy atom. The van der Waals surface area contributed by atoms with Crippen molar-refractivity contribution < 1.29 is 32.2 Å². The number of hydrogen-bond acceptors (Lipinski definition) is 4. The van der Waals surface area contributed by atoms with Gasteiger partial charge in [-0.2, -0.15) is 13.2 Å². The molecule has 0 fully saturated rings. The Hall–Kier alpha value is -1.96. The molecule has 22 heavy (non-hydrogen) atoms. The highest BCUT2D eigenvalue weighted by Crippen LogP contribution is 2.30. The molecule has 0 bridgehead atoms. The van der Waals surface area contributed by atoms with E-state index in [2.05, 4.69) is 10.1 Å². The van der Waals surface area contributed by atoms with Gasteiger partial charge >= 0.3 is 6.18 Å². The Kier molecular flexibility index (Phi) is 6.97. The highest BCUT2D eigenvalue weighted by Gasteiger charge is 2.27. The minimum absolute atomic E-state index is 0.150. The first kappa shape index (κ1) is 18.1. The first-order chi connectivity index (χ1) is 10.4. The van der Waals surface area contributed by atoms with E-state index in [1.807, 2.05) is 0 Å². The van der Waals surface area contributed by atoms with Crippen LogP contribution in [-0.2, 0) is 16.1 Å². The van der Waals surface area contributed by atoms with Crippen molar-refractivity contribution in [1.29, 1.82) is 0 Å². The summed E-state index contributed by atoms with van der Waals surface area (Å²) in [5, 5.41) is 2.59. The van der Waals surface area contributed by atoms with Crippen LogP contribution in [0.1, 0.15) is 12.0 Å². The fourth-order valence-electron chi connectivity index (χ4n) is 1.73. The highest BCUT2D eigenvalue weighted by molar-refractivity contribution is 5.76. The third kappa shape index (κ3) is 6.21. The number of hydrogen-bond donors (Lipinski definition) is 1. The van der Waals surface area contributed by atoms with Crippen molar-refractivity contribution in [2.75, 3.05) is 27.4 Å². The number of halogens is 3. The summed E-state index contributed by atoms with van der Waals surface area (Å²) >= 11 is 0. The normalized spacial score (nSPS) is 11.1. The predicted molar refractivity (Wildman–Crippen MR) is 72.9 cm³/mol. The topological polar surface area (TPSA) is 56.8 Å². The van der Waals surface area contributed by atoms with Gasteiger partial charge < -0.3 is 19.5 Å². The van der Waals surface area contributed by atoms with Gasteiger partial charge in [0.05, 0.1) is 20.8 Å². The van der Waals surface area contributed by atoms with Gasteiger partial charge in [-0.3, -0.25) is 4.79 Å². The summed E-state index contributed by atoms with van der Waals surface area (Å²) < 4.78 is 50.3. The molecule has 0 spiro atoms. The van der Waals surface area contributed by atoms with Crippen molar-refractivity contribution >= 4 is 5.91 Å². The molecule has 0 unspecified atom stereocenters. The van der Waals surface area contributed by atoms with Crippen LogP contribution in [0.25, 0.3) is 0 Å². The van der Waals surface area contributed by atoms with Gasteiger partial charge in [0.25, 0.3) is 0 Å². The minimum atomic E-state index is -4.38. The van der Waals surface area contributed by atoms with Gasteiger partial charge in [-0.1, -0.05) is 12.1 Å². The Morgan fingerprint density at radius 1 is 1.23 bits per heavy atom. The number of benzene rings is 1. The average molecular weight is 321 g/mol. The molecule has 124 valence electrons. The van der Waals surface area contributed by atoms with Crippen LogP contribution in [0, 0.1) is 0 Å². The van der Waals surface area contributed by atoms with Crippen LogP contribution in [0.4, 0.5) is 13.2 Å². The number of carbonyl (C=O) groups excluding carboxylic acids is 1. The van der Waals surface area contributed by atoms with Crippen molar-refractivity contribution in [3.05, 3.63) is 23.8 Å². The molecular weight excluding hydrogens is 303 g/mol.